The smallest absolute Gasteiger partial charge is 0.322 e. The molecule has 10 nitrogen and oxygen atoms in total. The lowest BCUT2D eigenvalue weighted by molar-refractivity contribution is -0.137. The summed E-state index contributed by atoms with van der Waals surface area (Å²) in [7, 11) is 6.40. The van der Waals surface area contributed by atoms with Crippen molar-refractivity contribution in [3.8, 4) is 12.0 Å². The van der Waals surface area contributed by atoms with Crippen LogP contribution in [0.25, 0.3) is 5.95 Å². The van der Waals surface area contributed by atoms with Crippen LogP contribution in [-0.2, 0) is 9.53 Å². The first-order chi connectivity index (χ1) is 10.5. The summed E-state index contributed by atoms with van der Waals surface area (Å²) in [6.07, 6.45) is 1.45. The molecule has 0 aromatic carbocycles. The number of carbonyl (C=O) groups is 1. The van der Waals surface area contributed by atoms with E-state index in [2.05, 4.69) is 29.8 Å². The van der Waals surface area contributed by atoms with Gasteiger partial charge in [0.2, 0.25) is 11.1 Å². The largest absolute Gasteiger partial charge is 0.468 e. The minimum absolute atomic E-state index is 0.129. The van der Waals surface area contributed by atoms with Gasteiger partial charge in [-0.3, -0.25) is 4.79 Å². The van der Waals surface area contributed by atoms with Crippen molar-refractivity contribution in [1.82, 2.24) is 29.7 Å². The first-order valence-corrected chi connectivity index (χ1v) is 7.11. The van der Waals surface area contributed by atoms with Crippen LogP contribution in [0.5, 0.6) is 6.01 Å². The van der Waals surface area contributed by atoms with Crippen LogP contribution in [0, 0.1) is 0 Å². The van der Waals surface area contributed by atoms with Gasteiger partial charge < -0.3 is 14.4 Å². The fourth-order valence-corrected chi connectivity index (χ4v) is 1.95. The highest BCUT2D eigenvalue weighted by Crippen LogP contribution is 2.15. The van der Waals surface area contributed by atoms with Crippen LogP contribution in [-0.4, -0.2) is 69.8 Å². The number of thioether (sulfide) groups is 1. The molecule has 118 valence electrons. The Bertz CT molecular complexity index is 661. The lowest BCUT2D eigenvalue weighted by Gasteiger charge is -2.11. The number of nitrogens with zero attached hydrogens (tertiary/aromatic N) is 7. The fraction of sp³-hybridized carbons (Fsp3) is 0.455. The Labute approximate surface area is 130 Å². The predicted molar refractivity (Wildman–Crippen MR) is 78.4 cm³/mol. The molecule has 0 aliphatic heterocycles. The van der Waals surface area contributed by atoms with E-state index in [1.807, 2.05) is 0 Å². The molecule has 11 heteroatoms. The van der Waals surface area contributed by atoms with Gasteiger partial charge in [-0.1, -0.05) is 11.8 Å². The highest BCUT2D eigenvalue weighted by Gasteiger charge is 2.13. The van der Waals surface area contributed by atoms with Gasteiger partial charge in [0.1, 0.15) is 6.33 Å². The molecular weight excluding hydrogens is 310 g/mol. The van der Waals surface area contributed by atoms with Gasteiger partial charge in [-0.05, 0) is 0 Å². The van der Waals surface area contributed by atoms with Gasteiger partial charge in [0.15, 0.2) is 0 Å². The number of hydrogen-bond donors (Lipinski definition) is 0. The van der Waals surface area contributed by atoms with Gasteiger partial charge in [-0.25, -0.2) is 4.98 Å². The lowest BCUT2D eigenvalue weighted by Crippen LogP contribution is -2.16. The first-order valence-electron chi connectivity index (χ1n) is 6.12. The fourth-order valence-electron chi connectivity index (χ4n) is 1.32. The van der Waals surface area contributed by atoms with Crippen LogP contribution in [0.15, 0.2) is 11.5 Å². The molecule has 2 aromatic heterocycles. The zero-order chi connectivity index (χ0) is 16.1. The normalized spacial score (nSPS) is 10.4. The molecule has 2 rings (SSSR count). The Morgan fingerprint density at radius 2 is 2.09 bits per heavy atom. The van der Waals surface area contributed by atoms with Gasteiger partial charge in [-0.2, -0.15) is 19.6 Å². The van der Waals surface area contributed by atoms with Gasteiger partial charge in [0, 0.05) is 14.1 Å². The van der Waals surface area contributed by atoms with Gasteiger partial charge in [0.05, 0.1) is 20.0 Å². The highest BCUT2D eigenvalue weighted by molar-refractivity contribution is 7.99. The van der Waals surface area contributed by atoms with Crippen LogP contribution < -0.4 is 9.64 Å². The number of rotatable bonds is 6. The second-order valence-electron chi connectivity index (χ2n) is 4.15. The molecule has 0 radical (unpaired) electrons. The van der Waals surface area contributed by atoms with Crippen LogP contribution >= 0.6 is 11.8 Å². The van der Waals surface area contributed by atoms with Crippen molar-refractivity contribution in [2.45, 2.75) is 5.16 Å². The maximum Gasteiger partial charge on any atom is 0.322 e. The Hall–Kier alpha value is -2.43. The SMILES string of the molecule is COC(=O)CSc1ncn(-c2nc(OC)nc(N(C)C)n2)n1. The molecule has 0 amide bonds. The minimum atomic E-state index is -0.349. The number of aromatic nitrogens is 6. The zero-order valence-corrected chi connectivity index (χ0v) is 13.4. The molecule has 0 spiro atoms. The number of anilines is 1. The standard InChI is InChI=1S/C11H15N7O3S/c1-17(2)8-13-9(15-10(14-8)21-4)18-6-12-11(16-18)22-5-7(19)20-3/h6H,5H2,1-4H3. The quantitative estimate of drug-likeness (QED) is 0.523. The van der Waals surface area contributed by atoms with E-state index in [4.69, 9.17) is 4.74 Å². The van der Waals surface area contributed by atoms with Gasteiger partial charge in [-0.15, -0.1) is 5.10 Å². The average Bonchev–Trinajstić information content (AvgIpc) is 3.00. The van der Waals surface area contributed by atoms with E-state index in [1.165, 1.54) is 25.2 Å². The van der Waals surface area contributed by atoms with Crippen molar-refractivity contribution in [2.24, 2.45) is 0 Å². The van der Waals surface area contributed by atoms with Crippen molar-refractivity contribution < 1.29 is 14.3 Å². The molecule has 0 saturated heterocycles. The number of hydrogen-bond acceptors (Lipinski definition) is 10. The van der Waals surface area contributed by atoms with E-state index in [0.717, 1.165) is 11.8 Å². The second-order valence-corrected chi connectivity index (χ2v) is 5.10. The Balaban J connectivity index is 2.23. The van der Waals surface area contributed by atoms with Crippen LogP contribution in [0.3, 0.4) is 0 Å². The van der Waals surface area contributed by atoms with E-state index in [-0.39, 0.29) is 23.7 Å². The van der Waals surface area contributed by atoms with Crippen molar-refractivity contribution in [1.29, 1.82) is 0 Å². The summed E-state index contributed by atoms with van der Waals surface area (Å²) >= 11 is 1.16. The van der Waals surface area contributed by atoms with E-state index >= 15 is 0 Å². The van der Waals surface area contributed by atoms with Crippen molar-refractivity contribution >= 4 is 23.7 Å². The van der Waals surface area contributed by atoms with Gasteiger partial charge in [0.25, 0.3) is 5.95 Å². The molecule has 0 saturated carbocycles. The Morgan fingerprint density at radius 1 is 1.32 bits per heavy atom. The third kappa shape index (κ3) is 3.81. The summed E-state index contributed by atoms with van der Waals surface area (Å²) in [6, 6.07) is 0.174. The summed E-state index contributed by atoms with van der Waals surface area (Å²) in [6.45, 7) is 0. The minimum Gasteiger partial charge on any atom is -0.468 e. The van der Waals surface area contributed by atoms with E-state index in [1.54, 1.807) is 19.0 Å². The molecule has 22 heavy (non-hydrogen) atoms. The molecule has 0 aliphatic carbocycles. The summed E-state index contributed by atoms with van der Waals surface area (Å²) in [4.78, 5) is 29.4. The second kappa shape index (κ2) is 7.02. The number of ether oxygens (including phenoxy) is 2. The number of carbonyl (C=O) groups excluding carboxylic acids is 1. The van der Waals surface area contributed by atoms with Crippen molar-refractivity contribution in [3.05, 3.63) is 6.33 Å². The lowest BCUT2D eigenvalue weighted by atomic mass is 10.7. The van der Waals surface area contributed by atoms with Crippen LogP contribution in [0.1, 0.15) is 0 Å². The van der Waals surface area contributed by atoms with E-state index in [0.29, 0.717) is 11.1 Å². The Kier molecular flexibility index (Phi) is 5.09. The number of methoxy groups -OCH3 is 2. The number of esters is 1. The van der Waals surface area contributed by atoms with Crippen molar-refractivity contribution in [3.63, 3.8) is 0 Å². The molecule has 0 aliphatic rings. The molecule has 2 aromatic rings. The highest BCUT2D eigenvalue weighted by atomic mass is 32.2. The maximum atomic E-state index is 11.1. The molecular formula is C11H15N7O3S. The molecule has 0 unspecified atom stereocenters. The molecule has 0 fully saturated rings. The molecule has 2 heterocycles. The summed E-state index contributed by atoms with van der Waals surface area (Å²) in [5.74, 6) is 0.483. The van der Waals surface area contributed by atoms with E-state index in [9.17, 15) is 4.79 Å². The summed E-state index contributed by atoms with van der Waals surface area (Å²) in [5.41, 5.74) is 0. The summed E-state index contributed by atoms with van der Waals surface area (Å²) < 4.78 is 11.0. The molecule has 0 bridgehead atoms. The maximum absolute atomic E-state index is 11.1. The summed E-state index contributed by atoms with van der Waals surface area (Å²) in [5, 5.41) is 4.61. The third-order valence-electron chi connectivity index (χ3n) is 2.40. The molecule has 0 N–H and O–H groups in total. The van der Waals surface area contributed by atoms with Crippen LogP contribution in [0.4, 0.5) is 5.95 Å². The average molecular weight is 325 g/mol. The third-order valence-corrected chi connectivity index (χ3v) is 3.22. The molecule has 0 atom stereocenters. The predicted octanol–water partition coefficient (Wildman–Crippen LogP) is -0.208. The zero-order valence-electron chi connectivity index (χ0n) is 12.5. The monoisotopic (exact) mass is 325 g/mol. The van der Waals surface area contributed by atoms with Crippen molar-refractivity contribution in [2.75, 3.05) is 39.0 Å². The van der Waals surface area contributed by atoms with Crippen LogP contribution in [0.2, 0.25) is 0 Å². The van der Waals surface area contributed by atoms with E-state index < -0.39 is 0 Å². The topological polar surface area (TPSA) is 108 Å². The van der Waals surface area contributed by atoms with Gasteiger partial charge >= 0.3 is 12.0 Å². The first kappa shape index (κ1) is 15.9. The Morgan fingerprint density at radius 3 is 2.73 bits per heavy atom.